The summed E-state index contributed by atoms with van der Waals surface area (Å²) in [7, 11) is 0. The standard InChI is InChI=1S/C57H49NS.C9H12.2C2H6/c1-34-35(2)37(4)57(59)52(36(34)3)42-27-23-39(24-28-42)33-38-21-25-40(26-22-38)41-29-31-43(32-30-41)58-55-50-19-11-7-15-46(50)44-13-5-9-17-48(44)53(55)54-49-18-10-6-14-45(49)47-16-8-12-20-51(47)56(54)58;1-7-4-8(2)6-9(3)5-7;2*1-2/h5-6,9-14,17-29,31,59H,7-8,15-16,30,32-33H2,1-4H3;4-6H,1-3H3;2*1-2H3. The minimum Gasteiger partial charge on any atom is -0.312 e. The van der Waals surface area contributed by atoms with Crippen LogP contribution in [0.25, 0.3) is 77.9 Å². The first-order valence-corrected chi connectivity index (χ1v) is 27.2. The van der Waals surface area contributed by atoms with Gasteiger partial charge in [-0.3, -0.25) is 0 Å². The zero-order valence-electron chi connectivity index (χ0n) is 44.8. The maximum Gasteiger partial charge on any atom is 0.0619 e. The van der Waals surface area contributed by atoms with Crippen LogP contribution < -0.4 is 0 Å². The summed E-state index contributed by atoms with van der Waals surface area (Å²) in [6.45, 7) is 23.2. The van der Waals surface area contributed by atoms with Crippen LogP contribution in [0.2, 0.25) is 0 Å². The molecule has 72 heavy (non-hydrogen) atoms. The Balaban J connectivity index is 0.000000438. The number of fused-ring (bicyclic) bond motifs is 13. The highest BCUT2D eigenvalue weighted by molar-refractivity contribution is 7.80. The Bertz CT molecular complexity index is 3440. The molecule has 0 spiro atoms. The molecule has 0 saturated heterocycles. The maximum atomic E-state index is 4.96. The molecule has 0 atom stereocenters. The van der Waals surface area contributed by atoms with E-state index in [1.807, 2.05) is 27.7 Å². The Morgan fingerprint density at radius 2 is 0.903 bits per heavy atom. The van der Waals surface area contributed by atoms with Gasteiger partial charge in [-0.15, -0.1) is 12.6 Å². The molecule has 2 heteroatoms. The van der Waals surface area contributed by atoms with Gasteiger partial charge in [-0.1, -0.05) is 190 Å². The summed E-state index contributed by atoms with van der Waals surface area (Å²) in [5.74, 6) is 0. The van der Waals surface area contributed by atoms with Gasteiger partial charge in [0.25, 0.3) is 0 Å². The summed E-state index contributed by atoms with van der Waals surface area (Å²) < 4.78 is 2.70. The van der Waals surface area contributed by atoms with Crippen LogP contribution in [0.4, 0.5) is 0 Å². The number of nitrogens with zero attached hydrogens (tertiary/aromatic N) is 1. The molecule has 12 rings (SSSR count). The van der Waals surface area contributed by atoms with Crippen molar-refractivity contribution in [2.24, 2.45) is 0 Å². The number of aromatic nitrogens is 1. The van der Waals surface area contributed by atoms with Crippen LogP contribution in [-0.2, 0) is 19.3 Å². The van der Waals surface area contributed by atoms with E-state index in [0.29, 0.717) is 0 Å². The van der Waals surface area contributed by atoms with Crippen molar-refractivity contribution in [3.63, 3.8) is 0 Å². The van der Waals surface area contributed by atoms with Crippen LogP contribution in [0.5, 0.6) is 0 Å². The Hall–Kier alpha value is -6.61. The summed E-state index contributed by atoms with van der Waals surface area (Å²) in [6, 6.07) is 43.4. The molecule has 3 aliphatic carbocycles. The molecule has 364 valence electrons. The highest BCUT2D eigenvalue weighted by atomic mass is 32.1. The Morgan fingerprint density at radius 1 is 0.458 bits per heavy atom. The minimum atomic E-state index is 0.914. The van der Waals surface area contributed by atoms with Crippen LogP contribution in [0.15, 0.2) is 144 Å². The van der Waals surface area contributed by atoms with Crippen LogP contribution in [0.3, 0.4) is 0 Å². The molecule has 1 aromatic heterocycles. The molecule has 0 saturated carbocycles. The zero-order chi connectivity index (χ0) is 50.8. The number of allylic oxidation sites excluding steroid dienone is 6. The molecule has 0 amide bonds. The van der Waals surface area contributed by atoms with E-state index >= 15 is 0 Å². The topological polar surface area (TPSA) is 4.93 Å². The van der Waals surface area contributed by atoms with Gasteiger partial charge in [-0.25, -0.2) is 0 Å². The first-order chi connectivity index (χ1) is 35.0. The van der Waals surface area contributed by atoms with Crippen LogP contribution in [-0.4, -0.2) is 4.57 Å². The fourth-order valence-electron chi connectivity index (χ4n) is 11.9. The molecule has 3 aliphatic rings. The van der Waals surface area contributed by atoms with E-state index in [2.05, 4.69) is 205 Å². The van der Waals surface area contributed by atoms with E-state index in [-0.39, 0.29) is 0 Å². The summed E-state index contributed by atoms with van der Waals surface area (Å²) in [6.07, 6.45) is 21.7. The van der Waals surface area contributed by atoms with Crippen LogP contribution >= 0.6 is 12.6 Å². The van der Waals surface area contributed by atoms with Crippen LogP contribution in [0.1, 0.15) is 131 Å². The van der Waals surface area contributed by atoms with Gasteiger partial charge < -0.3 is 4.57 Å². The number of hydrogen-bond acceptors (Lipinski definition) is 1. The molecule has 0 radical (unpaired) electrons. The second-order valence-electron chi connectivity index (χ2n) is 19.8. The maximum absolute atomic E-state index is 4.96. The fraction of sp³-hybridized carbons (Fsp3) is 0.257. The molecule has 0 unspecified atom stereocenters. The van der Waals surface area contributed by atoms with E-state index < -0.39 is 0 Å². The highest BCUT2D eigenvalue weighted by Gasteiger charge is 2.28. The third-order valence-electron chi connectivity index (χ3n) is 15.5. The van der Waals surface area contributed by atoms with Crippen molar-refractivity contribution in [2.75, 3.05) is 0 Å². The summed E-state index contributed by atoms with van der Waals surface area (Å²) >= 11 is 4.96. The van der Waals surface area contributed by atoms with Crippen molar-refractivity contribution >= 4 is 79.4 Å². The Labute approximate surface area is 436 Å². The lowest BCUT2D eigenvalue weighted by Gasteiger charge is -2.23. The van der Waals surface area contributed by atoms with E-state index in [1.165, 1.54) is 144 Å². The number of thiol groups is 1. The monoisotopic (exact) mass is 960 g/mol. The normalized spacial score (nSPS) is 13.6. The average molecular weight is 960 g/mol. The zero-order valence-corrected chi connectivity index (χ0v) is 45.7. The van der Waals surface area contributed by atoms with Gasteiger partial charge in [-0.05, 0) is 188 Å². The lowest BCUT2D eigenvalue weighted by molar-refractivity contribution is 0.973. The Kier molecular flexibility index (Phi) is 15.1. The lowest BCUT2D eigenvalue weighted by Crippen LogP contribution is -2.06. The van der Waals surface area contributed by atoms with Crippen molar-refractivity contribution in [1.82, 2.24) is 4.57 Å². The van der Waals surface area contributed by atoms with E-state index in [1.54, 1.807) is 0 Å². The molecule has 9 aromatic rings. The molecule has 8 aromatic carbocycles. The van der Waals surface area contributed by atoms with Crippen molar-refractivity contribution in [3.8, 4) is 11.1 Å². The second kappa shape index (κ2) is 21.6. The summed E-state index contributed by atoms with van der Waals surface area (Å²) in [5.41, 5.74) is 27.2. The minimum absolute atomic E-state index is 0.914. The molecule has 0 fully saturated rings. The quantitative estimate of drug-likeness (QED) is 0.164. The highest BCUT2D eigenvalue weighted by Crippen LogP contribution is 2.49. The predicted octanol–water partition coefficient (Wildman–Crippen LogP) is 20.2. The van der Waals surface area contributed by atoms with Gasteiger partial charge in [-0.2, -0.15) is 0 Å². The van der Waals surface area contributed by atoms with E-state index in [4.69, 9.17) is 12.6 Å². The third-order valence-corrected chi connectivity index (χ3v) is 16.0. The summed E-state index contributed by atoms with van der Waals surface area (Å²) in [5, 5.41) is 8.39. The predicted molar refractivity (Wildman–Crippen MR) is 321 cm³/mol. The first kappa shape index (κ1) is 50.3. The lowest BCUT2D eigenvalue weighted by atomic mass is 9.86. The number of benzene rings is 8. The molecule has 1 heterocycles. The van der Waals surface area contributed by atoms with E-state index in [0.717, 1.165) is 49.8 Å². The van der Waals surface area contributed by atoms with Gasteiger partial charge in [0, 0.05) is 32.5 Å². The smallest absolute Gasteiger partial charge is 0.0619 e. The van der Waals surface area contributed by atoms with Crippen LogP contribution in [0, 0.1) is 48.5 Å². The second-order valence-corrected chi connectivity index (χ2v) is 20.3. The number of aryl methyl sites for hydroxylation is 5. The van der Waals surface area contributed by atoms with Crippen molar-refractivity contribution in [3.05, 3.63) is 217 Å². The van der Waals surface area contributed by atoms with Gasteiger partial charge in [0.1, 0.15) is 0 Å². The molecule has 1 nitrogen and oxygen atoms in total. The molecular weight excluding hydrogens is 887 g/mol. The molecular formula is C70H73NS. The first-order valence-electron chi connectivity index (χ1n) is 26.8. The van der Waals surface area contributed by atoms with Crippen molar-refractivity contribution < 1.29 is 0 Å². The van der Waals surface area contributed by atoms with Crippen molar-refractivity contribution in [2.45, 2.75) is 126 Å². The average Bonchev–Trinajstić information content (AvgIpc) is 3.79. The molecule has 0 aliphatic heterocycles. The third kappa shape index (κ3) is 9.24. The van der Waals surface area contributed by atoms with Crippen molar-refractivity contribution in [1.29, 1.82) is 0 Å². The molecule has 0 bridgehead atoms. The van der Waals surface area contributed by atoms with Gasteiger partial charge in [0.2, 0.25) is 0 Å². The number of hydrogen-bond donors (Lipinski definition) is 1. The molecule has 0 N–H and O–H groups in total. The SMILES string of the molecule is CC.CC.Cc1c(C)c(C)c(-c2ccc(Cc3ccc(C4=CC=C(n5c6c7c(c8ccccc8c6c6c8ccccc8c8c(c65)C=CCC8)CCC=C7)CC4)cc3)cc2)c(S)c1C.Cc1cc(C)cc(C)c1. The van der Waals surface area contributed by atoms with Gasteiger partial charge >= 0.3 is 0 Å². The number of rotatable bonds is 5. The van der Waals surface area contributed by atoms with Gasteiger partial charge in [0.15, 0.2) is 0 Å². The summed E-state index contributed by atoms with van der Waals surface area (Å²) in [4.78, 5) is 1.09. The fourth-order valence-corrected chi connectivity index (χ4v) is 12.4. The van der Waals surface area contributed by atoms with E-state index in [9.17, 15) is 0 Å². The van der Waals surface area contributed by atoms with Gasteiger partial charge in [0.05, 0.1) is 11.0 Å². The Morgan fingerprint density at radius 3 is 1.36 bits per heavy atom. The largest absolute Gasteiger partial charge is 0.312 e.